The summed E-state index contributed by atoms with van der Waals surface area (Å²) in [5.74, 6) is 0. The molecule has 0 spiro atoms. The molecular weight excluding hydrogens is 361 g/mol. The Morgan fingerprint density at radius 2 is 2.22 bits per heavy atom. The molecule has 0 aliphatic rings. The molecule has 0 saturated carbocycles. The van der Waals surface area contributed by atoms with E-state index in [1.165, 1.54) is 0 Å². The average molecular weight is 372 g/mol. The van der Waals surface area contributed by atoms with Gasteiger partial charge in [-0.05, 0) is 52.4 Å². The fourth-order valence-corrected chi connectivity index (χ4v) is 2.59. The van der Waals surface area contributed by atoms with Crippen LogP contribution in [0, 0.1) is 14.9 Å². The quantitative estimate of drug-likeness (QED) is 0.835. The number of nitriles is 1. The van der Waals surface area contributed by atoms with Gasteiger partial charge in [-0.2, -0.15) is 5.26 Å². The molecule has 0 unspecified atom stereocenters. The topological polar surface area (TPSA) is 40.8 Å². The largest absolute Gasteiger partial charge is 0.380 e. The summed E-state index contributed by atoms with van der Waals surface area (Å²) in [6.07, 6.45) is 1.94. The van der Waals surface area contributed by atoms with Gasteiger partial charge in [0.1, 0.15) is 11.8 Å². The second-order valence-electron chi connectivity index (χ2n) is 3.93. The maximum absolute atomic E-state index is 8.88. The second-order valence-corrected chi connectivity index (χ2v) is 5.59. The molecule has 0 fully saturated rings. The summed E-state index contributed by atoms with van der Waals surface area (Å²) in [5.41, 5.74) is 2.61. The Kier molecular flexibility index (Phi) is 4.15. The van der Waals surface area contributed by atoms with Gasteiger partial charge in [-0.25, -0.2) is 0 Å². The average Bonchev–Trinajstić information content (AvgIpc) is 2.69. The number of aromatic nitrogens is 1. The maximum Gasteiger partial charge on any atom is 0.120 e. The van der Waals surface area contributed by atoms with E-state index in [9.17, 15) is 0 Å². The predicted octanol–water partition coefficient (Wildman–Crippen LogP) is 3.77. The Bertz CT molecular complexity index is 613. The molecule has 0 amide bonds. The summed E-state index contributed by atoms with van der Waals surface area (Å²) >= 11 is 8.36. The maximum atomic E-state index is 8.88. The molecule has 0 aliphatic carbocycles. The molecular formula is C13H11ClIN3. The number of hydrogen-bond acceptors (Lipinski definition) is 2. The minimum Gasteiger partial charge on any atom is -0.380 e. The third-order valence-electron chi connectivity index (χ3n) is 2.59. The molecule has 2 aromatic rings. The van der Waals surface area contributed by atoms with E-state index < -0.39 is 0 Å². The number of anilines is 1. The minimum absolute atomic E-state index is 0.649. The number of aryl methyl sites for hydroxylation is 1. The first-order valence-electron chi connectivity index (χ1n) is 5.34. The lowest BCUT2D eigenvalue weighted by Gasteiger charge is -2.07. The molecule has 3 nitrogen and oxygen atoms in total. The fourth-order valence-electron chi connectivity index (χ4n) is 1.67. The summed E-state index contributed by atoms with van der Waals surface area (Å²) in [6, 6.07) is 9.88. The molecule has 1 aromatic heterocycles. The fraction of sp³-hybridized carbons (Fsp3) is 0.154. The van der Waals surface area contributed by atoms with Crippen LogP contribution in [0.3, 0.4) is 0 Å². The van der Waals surface area contributed by atoms with E-state index >= 15 is 0 Å². The summed E-state index contributed by atoms with van der Waals surface area (Å²) in [7, 11) is 1.86. The van der Waals surface area contributed by atoms with Crippen LogP contribution >= 0.6 is 34.2 Å². The lowest BCUT2D eigenvalue weighted by atomic mass is 10.3. The normalized spacial score (nSPS) is 10.1. The zero-order chi connectivity index (χ0) is 13.1. The first-order chi connectivity index (χ1) is 8.60. The molecule has 0 bridgehead atoms. The number of nitrogens with one attached hydrogen (secondary N) is 1. The first-order valence-corrected chi connectivity index (χ1v) is 6.80. The highest BCUT2D eigenvalue weighted by Gasteiger charge is 2.04. The van der Waals surface area contributed by atoms with E-state index in [-0.39, 0.29) is 0 Å². The Morgan fingerprint density at radius 1 is 1.44 bits per heavy atom. The Morgan fingerprint density at radius 3 is 2.83 bits per heavy atom. The monoisotopic (exact) mass is 371 g/mol. The Labute approximate surface area is 125 Å². The molecule has 2 rings (SSSR count). The van der Waals surface area contributed by atoms with E-state index in [0.717, 1.165) is 14.8 Å². The lowest BCUT2D eigenvalue weighted by Crippen LogP contribution is -1.99. The van der Waals surface area contributed by atoms with Crippen molar-refractivity contribution in [3.63, 3.8) is 0 Å². The summed E-state index contributed by atoms with van der Waals surface area (Å²) < 4.78 is 2.92. The number of halogens is 2. The van der Waals surface area contributed by atoms with Crippen LogP contribution in [-0.4, -0.2) is 4.57 Å². The van der Waals surface area contributed by atoms with Crippen molar-refractivity contribution in [1.29, 1.82) is 5.26 Å². The second kappa shape index (κ2) is 5.63. The van der Waals surface area contributed by atoms with E-state index in [2.05, 4.69) is 34.0 Å². The van der Waals surface area contributed by atoms with Crippen LogP contribution in [0.4, 0.5) is 5.69 Å². The van der Waals surface area contributed by atoms with Crippen LogP contribution in [0.25, 0.3) is 0 Å². The zero-order valence-electron chi connectivity index (χ0n) is 9.74. The summed E-state index contributed by atoms with van der Waals surface area (Å²) in [5, 5.41) is 12.8. The van der Waals surface area contributed by atoms with Gasteiger partial charge in [-0.1, -0.05) is 11.6 Å². The van der Waals surface area contributed by atoms with Gasteiger partial charge in [-0.15, -0.1) is 0 Å². The molecule has 1 heterocycles. The van der Waals surface area contributed by atoms with Gasteiger partial charge in [-0.3, -0.25) is 0 Å². The molecule has 18 heavy (non-hydrogen) atoms. The molecule has 92 valence electrons. The smallest absolute Gasteiger partial charge is 0.120 e. The Balaban J connectivity index is 2.09. The van der Waals surface area contributed by atoms with Crippen molar-refractivity contribution in [3.05, 3.63) is 50.3 Å². The van der Waals surface area contributed by atoms with Crippen molar-refractivity contribution in [2.24, 2.45) is 7.05 Å². The van der Waals surface area contributed by atoms with Gasteiger partial charge in [0.05, 0.1) is 10.7 Å². The molecule has 0 radical (unpaired) electrons. The van der Waals surface area contributed by atoms with Gasteiger partial charge in [0.15, 0.2) is 0 Å². The molecule has 1 aromatic carbocycles. The van der Waals surface area contributed by atoms with Crippen molar-refractivity contribution in [2.45, 2.75) is 6.54 Å². The third kappa shape index (κ3) is 2.98. The molecule has 0 saturated heterocycles. The van der Waals surface area contributed by atoms with Gasteiger partial charge < -0.3 is 9.88 Å². The van der Waals surface area contributed by atoms with Gasteiger partial charge in [0.2, 0.25) is 0 Å². The number of benzene rings is 1. The summed E-state index contributed by atoms with van der Waals surface area (Å²) in [6.45, 7) is 0.649. The van der Waals surface area contributed by atoms with Crippen LogP contribution in [0.15, 0.2) is 30.5 Å². The van der Waals surface area contributed by atoms with Crippen LogP contribution in [0.5, 0.6) is 0 Å². The van der Waals surface area contributed by atoms with Crippen molar-refractivity contribution < 1.29 is 0 Å². The number of rotatable bonds is 3. The van der Waals surface area contributed by atoms with E-state index in [1.807, 2.05) is 42.1 Å². The zero-order valence-corrected chi connectivity index (χ0v) is 12.7. The van der Waals surface area contributed by atoms with Gasteiger partial charge in [0, 0.05) is 23.4 Å². The highest BCUT2D eigenvalue weighted by Crippen LogP contribution is 2.24. The van der Waals surface area contributed by atoms with Crippen LogP contribution in [0.2, 0.25) is 5.02 Å². The highest BCUT2D eigenvalue weighted by atomic mass is 127. The lowest BCUT2D eigenvalue weighted by molar-refractivity contribution is 0.902. The number of nitrogens with zero attached hydrogens (tertiary/aromatic N) is 2. The molecule has 0 aliphatic heterocycles. The van der Waals surface area contributed by atoms with Crippen molar-refractivity contribution >= 4 is 39.9 Å². The van der Waals surface area contributed by atoms with E-state index in [4.69, 9.17) is 16.9 Å². The number of hydrogen-bond donors (Lipinski definition) is 1. The van der Waals surface area contributed by atoms with Crippen LogP contribution in [0.1, 0.15) is 11.3 Å². The van der Waals surface area contributed by atoms with Crippen molar-refractivity contribution in [3.8, 4) is 6.07 Å². The van der Waals surface area contributed by atoms with Crippen molar-refractivity contribution in [2.75, 3.05) is 5.32 Å². The van der Waals surface area contributed by atoms with E-state index in [1.54, 1.807) is 0 Å². The first kappa shape index (κ1) is 13.2. The van der Waals surface area contributed by atoms with Crippen LogP contribution < -0.4 is 5.32 Å². The SMILES string of the molecule is Cn1cc(CNc2ccc(I)cc2Cl)cc1C#N. The predicted molar refractivity (Wildman–Crippen MR) is 81.6 cm³/mol. The molecule has 0 atom stereocenters. The minimum atomic E-state index is 0.649. The summed E-state index contributed by atoms with van der Waals surface area (Å²) in [4.78, 5) is 0. The standard InChI is InChI=1S/C13H11ClIN3/c1-18-8-9(4-11(18)6-16)7-17-13-3-2-10(15)5-12(13)14/h2-5,8,17H,7H2,1H3. The van der Waals surface area contributed by atoms with E-state index in [0.29, 0.717) is 17.3 Å². The van der Waals surface area contributed by atoms with Crippen LogP contribution in [-0.2, 0) is 13.6 Å². The molecule has 5 heteroatoms. The van der Waals surface area contributed by atoms with Gasteiger partial charge in [0.25, 0.3) is 0 Å². The highest BCUT2D eigenvalue weighted by molar-refractivity contribution is 14.1. The van der Waals surface area contributed by atoms with Crippen molar-refractivity contribution in [1.82, 2.24) is 4.57 Å². The van der Waals surface area contributed by atoms with Gasteiger partial charge >= 0.3 is 0 Å². The Hall–Kier alpha value is -1.19. The third-order valence-corrected chi connectivity index (χ3v) is 3.57. The molecule has 1 N–H and O–H groups in total.